The summed E-state index contributed by atoms with van der Waals surface area (Å²) < 4.78 is 10.5. The van der Waals surface area contributed by atoms with E-state index in [2.05, 4.69) is 0 Å². The van der Waals surface area contributed by atoms with Crippen molar-refractivity contribution in [3.05, 3.63) is 59.2 Å². The van der Waals surface area contributed by atoms with Gasteiger partial charge in [-0.2, -0.15) is 0 Å². The Morgan fingerprint density at radius 2 is 1.64 bits per heavy atom. The largest absolute Gasteiger partial charge is 0.491 e. The molecule has 0 aliphatic rings. The van der Waals surface area contributed by atoms with Crippen molar-refractivity contribution in [2.75, 3.05) is 20.3 Å². The second-order valence-corrected chi connectivity index (χ2v) is 6.37. The normalized spacial score (nSPS) is 11.0. The number of hydrogen-bond donors (Lipinski definition) is 0. The highest BCUT2D eigenvalue weighted by molar-refractivity contribution is 7.66. The highest BCUT2D eigenvalue weighted by Gasteiger charge is 2.12. The molecule has 0 spiro atoms. The molecule has 22 heavy (non-hydrogen) atoms. The molecular weight excluding hydrogens is 295 g/mol. The van der Waals surface area contributed by atoms with Crippen molar-refractivity contribution in [1.29, 1.82) is 0 Å². The third-order valence-electron chi connectivity index (χ3n) is 3.38. The summed E-state index contributed by atoms with van der Waals surface area (Å²) in [6.45, 7) is 5.06. The van der Waals surface area contributed by atoms with Gasteiger partial charge in [-0.15, -0.1) is 0 Å². The summed E-state index contributed by atoms with van der Waals surface area (Å²) in [5.41, 5.74) is 3.11. The number of aryl methyl sites for hydroxylation is 2. The molecule has 3 nitrogen and oxygen atoms in total. The Hall–Kier alpha value is -1.70. The molecule has 0 heterocycles. The van der Waals surface area contributed by atoms with E-state index in [0.29, 0.717) is 13.2 Å². The molecule has 2 rings (SSSR count). The lowest BCUT2D eigenvalue weighted by Gasteiger charge is -2.09. The van der Waals surface area contributed by atoms with Gasteiger partial charge in [0.15, 0.2) is 5.52 Å². The van der Waals surface area contributed by atoms with Crippen LogP contribution in [0.2, 0.25) is 0 Å². The maximum Gasteiger partial charge on any atom is 0.186 e. The quantitative estimate of drug-likeness (QED) is 0.579. The number of methoxy groups -OCH3 is 1. The molecule has 0 N–H and O–H groups in total. The first-order valence-corrected chi connectivity index (χ1v) is 8.21. The Balaban J connectivity index is 2.03. The molecule has 0 fully saturated rings. The molecule has 0 amide bonds. The summed E-state index contributed by atoms with van der Waals surface area (Å²) >= 11 is 0. The maximum atomic E-state index is 12.5. The van der Waals surface area contributed by atoms with E-state index in [0.717, 1.165) is 27.7 Å². The van der Waals surface area contributed by atoms with Crippen LogP contribution in [-0.2, 0) is 4.74 Å². The third kappa shape index (κ3) is 4.40. The van der Waals surface area contributed by atoms with E-state index in [4.69, 9.17) is 9.47 Å². The summed E-state index contributed by atoms with van der Waals surface area (Å²) in [6.07, 6.45) is 0. The predicted molar refractivity (Wildman–Crippen MR) is 92.0 cm³/mol. The zero-order valence-corrected chi connectivity index (χ0v) is 14.2. The molecule has 1 unspecified atom stereocenters. The second-order valence-electron chi connectivity index (χ2n) is 5.09. The number of rotatable bonds is 7. The second kappa shape index (κ2) is 8.07. The van der Waals surface area contributed by atoms with Crippen LogP contribution in [0.15, 0.2) is 42.5 Å². The molecule has 0 saturated heterocycles. The van der Waals surface area contributed by atoms with Gasteiger partial charge in [-0.1, -0.05) is 30.3 Å². The van der Waals surface area contributed by atoms with E-state index in [1.807, 2.05) is 56.3 Å². The van der Waals surface area contributed by atoms with Crippen molar-refractivity contribution < 1.29 is 14.3 Å². The van der Waals surface area contributed by atoms with Crippen molar-refractivity contribution in [1.82, 2.24) is 0 Å². The molecule has 0 radical (unpaired) electrons. The van der Waals surface area contributed by atoms with E-state index in [9.17, 15) is 4.79 Å². The Morgan fingerprint density at radius 3 is 2.23 bits per heavy atom. The number of benzene rings is 2. The fraction of sp³-hybridized carbons (Fsp3) is 0.278. The molecule has 2 aromatic rings. The van der Waals surface area contributed by atoms with Gasteiger partial charge in [0.2, 0.25) is 0 Å². The smallest absolute Gasteiger partial charge is 0.186 e. The molecule has 0 aliphatic carbocycles. The topological polar surface area (TPSA) is 35.5 Å². The molecule has 2 aromatic carbocycles. The average molecular weight is 316 g/mol. The van der Waals surface area contributed by atoms with Gasteiger partial charge >= 0.3 is 0 Å². The summed E-state index contributed by atoms with van der Waals surface area (Å²) in [6, 6.07) is 13.6. The molecule has 1 atom stereocenters. The minimum absolute atomic E-state index is 0.128. The Kier molecular flexibility index (Phi) is 6.11. The van der Waals surface area contributed by atoms with Gasteiger partial charge in [0.1, 0.15) is 12.4 Å². The number of ether oxygens (including phenoxy) is 2. The van der Waals surface area contributed by atoms with Crippen LogP contribution in [-0.4, -0.2) is 25.8 Å². The maximum absolute atomic E-state index is 12.5. The number of carbonyl (C=O) groups is 1. The minimum atomic E-state index is 0.128. The van der Waals surface area contributed by atoms with Crippen molar-refractivity contribution in [3.63, 3.8) is 0 Å². The van der Waals surface area contributed by atoms with Gasteiger partial charge in [-0.3, -0.25) is 4.79 Å². The first-order valence-electron chi connectivity index (χ1n) is 7.21. The van der Waals surface area contributed by atoms with Crippen LogP contribution < -0.4 is 10.0 Å². The van der Waals surface area contributed by atoms with E-state index < -0.39 is 0 Å². The van der Waals surface area contributed by atoms with E-state index in [-0.39, 0.29) is 14.1 Å². The molecule has 0 aliphatic heterocycles. The molecule has 0 saturated carbocycles. The number of hydrogen-bond acceptors (Lipinski definition) is 3. The minimum Gasteiger partial charge on any atom is -0.491 e. The molecular formula is C18H21O3P. The van der Waals surface area contributed by atoms with E-state index >= 15 is 0 Å². The molecule has 116 valence electrons. The van der Waals surface area contributed by atoms with Gasteiger partial charge in [-0.05, 0) is 51.0 Å². The predicted octanol–water partition coefficient (Wildman–Crippen LogP) is 3.47. The lowest BCUT2D eigenvalue weighted by atomic mass is 10.0. The van der Waals surface area contributed by atoms with Gasteiger partial charge in [0.05, 0.1) is 6.61 Å². The van der Waals surface area contributed by atoms with Crippen molar-refractivity contribution in [3.8, 4) is 5.75 Å². The zero-order chi connectivity index (χ0) is 15.9. The standard InChI is InChI=1S/C18H21O3P/c1-13-5-4-6-14(2)17(13)18(19)22-16-9-7-15(8-10-16)21-12-11-20-3/h4-10,22H,11-12H2,1-3H3. The van der Waals surface area contributed by atoms with Crippen LogP contribution >= 0.6 is 8.58 Å². The van der Waals surface area contributed by atoms with Crippen LogP contribution in [0.4, 0.5) is 0 Å². The van der Waals surface area contributed by atoms with Crippen LogP contribution in [0.5, 0.6) is 5.75 Å². The highest BCUT2D eigenvalue weighted by atomic mass is 31.1. The fourth-order valence-electron chi connectivity index (χ4n) is 2.24. The fourth-order valence-corrected chi connectivity index (χ4v) is 3.36. The van der Waals surface area contributed by atoms with Gasteiger partial charge in [0, 0.05) is 12.7 Å². The lowest BCUT2D eigenvalue weighted by Crippen LogP contribution is -2.06. The first kappa shape index (κ1) is 16.7. The summed E-state index contributed by atoms with van der Waals surface area (Å²) in [7, 11) is 1.77. The third-order valence-corrected chi connectivity index (χ3v) is 4.48. The van der Waals surface area contributed by atoms with E-state index in [1.54, 1.807) is 7.11 Å². The molecule has 0 aromatic heterocycles. The van der Waals surface area contributed by atoms with Gasteiger partial charge < -0.3 is 9.47 Å². The Labute approximate surface area is 133 Å². The van der Waals surface area contributed by atoms with Crippen molar-refractivity contribution in [2.24, 2.45) is 0 Å². The van der Waals surface area contributed by atoms with Crippen molar-refractivity contribution in [2.45, 2.75) is 13.8 Å². The summed E-state index contributed by atoms with van der Waals surface area (Å²) in [4.78, 5) is 12.5. The zero-order valence-electron chi connectivity index (χ0n) is 13.2. The Morgan fingerprint density at radius 1 is 1.00 bits per heavy atom. The average Bonchev–Trinajstić information content (AvgIpc) is 2.49. The molecule has 0 bridgehead atoms. The van der Waals surface area contributed by atoms with Gasteiger partial charge in [0.25, 0.3) is 0 Å². The summed E-state index contributed by atoms with van der Waals surface area (Å²) in [5, 5.41) is 1.02. The molecule has 4 heteroatoms. The SMILES string of the molecule is COCCOc1ccc(PC(=O)c2c(C)cccc2C)cc1. The summed E-state index contributed by atoms with van der Waals surface area (Å²) in [5.74, 6) is 0.796. The highest BCUT2D eigenvalue weighted by Crippen LogP contribution is 2.24. The monoisotopic (exact) mass is 316 g/mol. The van der Waals surface area contributed by atoms with Gasteiger partial charge in [-0.25, -0.2) is 0 Å². The van der Waals surface area contributed by atoms with Crippen LogP contribution in [0.1, 0.15) is 21.5 Å². The van der Waals surface area contributed by atoms with E-state index in [1.165, 1.54) is 0 Å². The van der Waals surface area contributed by atoms with Crippen molar-refractivity contribution >= 4 is 19.4 Å². The lowest BCUT2D eigenvalue weighted by molar-refractivity contribution is 0.108. The van der Waals surface area contributed by atoms with Crippen LogP contribution in [0.25, 0.3) is 0 Å². The Bertz CT molecular complexity index is 615. The van der Waals surface area contributed by atoms with Crippen LogP contribution in [0.3, 0.4) is 0 Å². The van der Waals surface area contributed by atoms with Crippen LogP contribution in [0, 0.1) is 13.8 Å². The first-order chi connectivity index (χ1) is 10.6. The number of carbonyl (C=O) groups excluding carboxylic acids is 1.